The summed E-state index contributed by atoms with van der Waals surface area (Å²) in [7, 11) is 0. The van der Waals surface area contributed by atoms with Crippen molar-refractivity contribution < 1.29 is 4.79 Å². The van der Waals surface area contributed by atoms with Gasteiger partial charge in [0.2, 0.25) is 5.91 Å². The van der Waals surface area contributed by atoms with E-state index in [1.165, 1.54) is 5.56 Å². The first-order valence-electron chi connectivity index (χ1n) is 9.64. The third-order valence-electron chi connectivity index (χ3n) is 4.09. The van der Waals surface area contributed by atoms with Crippen LogP contribution in [0, 0.1) is 5.41 Å². The first-order valence-corrected chi connectivity index (χ1v) is 9.64. The van der Waals surface area contributed by atoms with Crippen LogP contribution in [0.1, 0.15) is 58.4 Å². The van der Waals surface area contributed by atoms with Gasteiger partial charge in [0.25, 0.3) is 0 Å². The van der Waals surface area contributed by atoms with E-state index >= 15 is 0 Å². The molecule has 0 saturated heterocycles. The van der Waals surface area contributed by atoms with Crippen LogP contribution in [0.2, 0.25) is 0 Å². The topological polar surface area (TPSA) is 58.4 Å². The number of carbonyl (C=O) groups is 1. The molecule has 3 N–H and O–H groups in total. The average Bonchev–Trinajstić information content (AvgIpc) is 2.54. The molecule has 0 atom stereocenters. The normalized spacial score (nSPS) is 11.7. The summed E-state index contributed by atoms with van der Waals surface area (Å²) < 4.78 is 0. The van der Waals surface area contributed by atoms with Gasteiger partial charge in [0, 0.05) is 19.5 Å². The molecular weight excluding hydrogens is 310 g/mol. The van der Waals surface area contributed by atoms with E-state index in [1.54, 1.807) is 0 Å². The number of carbonyl (C=O) groups excluding carboxylic acids is 1. The second kappa shape index (κ2) is 12.0. The number of nitrogens with zero attached hydrogens (tertiary/aromatic N) is 1. The Morgan fingerprint density at radius 1 is 1.04 bits per heavy atom. The first kappa shape index (κ1) is 21.7. The zero-order valence-electron chi connectivity index (χ0n) is 16.4. The zero-order valence-corrected chi connectivity index (χ0v) is 16.4. The highest BCUT2D eigenvalue weighted by atomic mass is 16.1. The molecule has 0 aliphatic rings. The Bertz CT molecular complexity index is 468. The minimum absolute atomic E-state index is 0.0605. The van der Waals surface area contributed by atoms with Crippen molar-refractivity contribution in [1.82, 2.24) is 10.2 Å². The molecule has 1 aromatic carbocycles. The summed E-state index contributed by atoms with van der Waals surface area (Å²) in [5.41, 5.74) is 7.09. The van der Waals surface area contributed by atoms with Crippen molar-refractivity contribution >= 4 is 5.91 Å². The predicted molar refractivity (Wildman–Crippen MR) is 106 cm³/mol. The molecule has 0 spiro atoms. The van der Waals surface area contributed by atoms with Crippen LogP contribution in [0.25, 0.3) is 0 Å². The van der Waals surface area contributed by atoms with E-state index in [4.69, 9.17) is 5.73 Å². The van der Waals surface area contributed by atoms with E-state index in [-0.39, 0.29) is 11.3 Å². The summed E-state index contributed by atoms with van der Waals surface area (Å²) in [4.78, 5) is 14.3. The monoisotopic (exact) mass is 347 g/mol. The van der Waals surface area contributed by atoms with Crippen molar-refractivity contribution in [2.24, 2.45) is 11.1 Å². The molecule has 1 rings (SSSR count). The minimum Gasteiger partial charge on any atom is -0.356 e. The number of hydrogen-bond donors (Lipinski definition) is 2. The molecule has 0 bridgehead atoms. The van der Waals surface area contributed by atoms with E-state index in [1.807, 2.05) is 0 Å². The smallest absolute Gasteiger partial charge is 0.220 e. The average molecular weight is 348 g/mol. The Kier molecular flexibility index (Phi) is 10.4. The van der Waals surface area contributed by atoms with E-state index in [0.29, 0.717) is 6.42 Å². The minimum atomic E-state index is 0.0605. The fraction of sp³-hybridized carbons (Fsp3) is 0.667. The van der Waals surface area contributed by atoms with Gasteiger partial charge in [-0.3, -0.25) is 9.69 Å². The van der Waals surface area contributed by atoms with Crippen LogP contribution in [0.5, 0.6) is 0 Å². The Labute approximate surface area is 154 Å². The van der Waals surface area contributed by atoms with Crippen LogP contribution in [0.3, 0.4) is 0 Å². The van der Waals surface area contributed by atoms with Crippen LogP contribution in [0.4, 0.5) is 0 Å². The van der Waals surface area contributed by atoms with Gasteiger partial charge in [0.1, 0.15) is 0 Å². The number of nitrogens with one attached hydrogen (secondary N) is 1. The number of amides is 1. The van der Waals surface area contributed by atoms with Crippen LogP contribution in [0.15, 0.2) is 30.3 Å². The van der Waals surface area contributed by atoms with Gasteiger partial charge in [-0.15, -0.1) is 0 Å². The van der Waals surface area contributed by atoms with E-state index in [2.05, 4.69) is 61.3 Å². The molecule has 0 saturated carbocycles. The van der Waals surface area contributed by atoms with Gasteiger partial charge in [0.15, 0.2) is 0 Å². The molecule has 1 amide bonds. The molecule has 0 radical (unpaired) electrons. The lowest BCUT2D eigenvalue weighted by atomic mass is 9.92. The number of nitrogens with two attached hydrogens (primary N) is 1. The highest BCUT2D eigenvalue weighted by molar-refractivity contribution is 5.76. The summed E-state index contributed by atoms with van der Waals surface area (Å²) in [5, 5.41) is 3.03. The van der Waals surface area contributed by atoms with Gasteiger partial charge in [-0.1, -0.05) is 57.5 Å². The van der Waals surface area contributed by atoms with Crippen molar-refractivity contribution in [2.75, 3.05) is 26.2 Å². The van der Waals surface area contributed by atoms with Crippen molar-refractivity contribution in [3.05, 3.63) is 35.9 Å². The Morgan fingerprint density at radius 2 is 1.72 bits per heavy atom. The molecular formula is C21H37N3O. The van der Waals surface area contributed by atoms with E-state index in [0.717, 1.165) is 58.4 Å². The lowest BCUT2D eigenvalue weighted by Crippen LogP contribution is -2.29. The summed E-state index contributed by atoms with van der Waals surface area (Å²) in [6.07, 6.45) is 4.98. The molecule has 0 aromatic heterocycles. The number of hydrogen-bond acceptors (Lipinski definition) is 3. The third kappa shape index (κ3) is 11.7. The number of unbranched alkanes of at least 4 members (excludes halogenated alkanes) is 2. The van der Waals surface area contributed by atoms with E-state index in [9.17, 15) is 4.79 Å². The highest BCUT2D eigenvalue weighted by Crippen LogP contribution is 2.17. The predicted octanol–water partition coefficient (Wildman–Crippen LogP) is 3.56. The van der Waals surface area contributed by atoms with Gasteiger partial charge in [-0.25, -0.2) is 0 Å². The lowest BCUT2D eigenvalue weighted by Gasteiger charge is -2.22. The van der Waals surface area contributed by atoms with Crippen LogP contribution in [-0.2, 0) is 11.3 Å². The van der Waals surface area contributed by atoms with Crippen molar-refractivity contribution in [1.29, 1.82) is 0 Å². The molecule has 1 aromatic rings. The zero-order chi connectivity index (χ0) is 18.5. The molecule has 0 heterocycles. The maximum Gasteiger partial charge on any atom is 0.220 e. The molecule has 0 unspecified atom stereocenters. The van der Waals surface area contributed by atoms with Crippen molar-refractivity contribution in [3.63, 3.8) is 0 Å². The lowest BCUT2D eigenvalue weighted by molar-refractivity contribution is -0.122. The highest BCUT2D eigenvalue weighted by Gasteiger charge is 2.15. The van der Waals surface area contributed by atoms with Gasteiger partial charge in [-0.05, 0) is 49.9 Å². The fourth-order valence-electron chi connectivity index (χ4n) is 2.84. The van der Waals surface area contributed by atoms with Crippen molar-refractivity contribution in [3.8, 4) is 0 Å². The van der Waals surface area contributed by atoms with E-state index < -0.39 is 0 Å². The first-order chi connectivity index (χ1) is 11.9. The van der Waals surface area contributed by atoms with Gasteiger partial charge in [0.05, 0.1) is 0 Å². The van der Waals surface area contributed by atoms with Gasteiger partial charge < -0.3 is 11.1 Å². The molecule has 25 heavy (non-hydrogen) atoms. The summed E-state index contributed by atoms with van der Waals surface area (Å²) in [5.74, 6) is 0.168. The standard InChI is InChI=1S/C21H37N3O/c1-21(2,3)17-20(25)23-14-8-5-9-15-24(16-10-13-22)18-19-11-6-4-7-12-19/h4,6-7,11-12H,5,8-10,13-18,22H2,1-3H3,(H,23,25). The summed E-state index contributed by atoms with van der Waals surface area (Å²) >= 11 is 0. The quantitative estimate of drug-likeness (QED) is 0.568. The van der Waals surface area contributed by atoms with Crippen LogP contribution in [-0.4, -0.2) is 37.0 Å². The summed E-state index contributed by atoms with van der Waals surface area (Å²) in [6, 6.07) is 10.6. The maximum absolute atomic E-state index is 11.8. The second-order valence-corrected chi connectivity index (χ2v) is 8.05. The largest absolute Gasteiger partial charge is 0.356 e. The van der Waals surface area contributed by atoms with Gasteiger partial charge >= 0.3 is 0 Å². The molecule has 142 valence electrons. The van der Waals surface area contributed by atoms with Crippen molar-refractivity contribution in [2.45, 2.75) is 59.4 Å². The SMILES string of the molecule is CC(C)(C)CC(=O)NCCCCCN(CCCN)Cc1ccccc1. The van der Waals surface area contributed by atoms with Crippen LogP contribution < -0.4 is 11.1 Å². The summed E-state index contributed by atoms with van der Waals surface area (Å²) in [6.45, 7) is 10.9. The second-order valence-electron chi connectivity index (χ2n) is 8.05. The Balaban J connectivity index is 2.20. The molecule has 4 nitrogen and oxygen atoms in total. The van der Waals surface area contributed by atoms with Gasteiger partial charge in [-0.2, -0.15) is 0 Å². The Hall–Kier alpha value is -1.39. The van der Waals surface area contributed by atoms with Crippen LogP contribution >= 0.6 is 0 Å². The number of benzene rings is 1. The molecule has 4 heteroatoms. The maximum atomic E-state index is 11.8. The molecule has 0 aliphatic carbocycles. The molecule has 0 fully saturated rings. The third-order valence-corrected chi connectivity index (χ3v) is 4.09. The number of rotatable bonds is 12. The molecule has 0 aliphatic heterocycles. The fourth-order valence-corrected chi connectivity index (χ4v) is 2.84. The Morgan fingerprint density at radius 3 is 2.36 bits per heavy atom.